The summed E-state index contributed by atoms with van der Waals surface area (Å²) >= 11 is 0. The maximum atomic E-state index is 13.1. The summed E-state index contributed by atoms with van der Waals surface area (Å²) in [5.41, 5.74) is 2.28. The largest absolute Gasteiger partial charge is 0.493 e. The molecule has 8 nitrogen and oxygen atoms in total. The lowest BCUT2D eigenvalue weighted by atomic mass is 9.97. The predicted octanol–water partition coefficient (Wildman–Crippen LogP) is 4.29. The summed E-state index contributed by atoms with van der Waals surface area (Å²) < 4.78 is 16.6. The summed E-state index contributed by atoms with van der Waals surface area (Å²) in [7, 11) is 3.16. The van der Waals surface area contributed by atoms with Crippen LogP contribution in [0.15, 0.2) is 42.5 Å². The topological polar surface area (TPSA) is 85.8 Å². The SMILES string of the molecule is CCCOc1nc2ccccc2nc1N1CCCC(C(=O)Nc2ccc(OC)c(OC)c2)C1. The number of carbonyl (C=O) groups is 1. The van der Waals surface area contributed by atoms with Crippen molar-refractivity contribution < 1.29 is 19.0 Å². The van der Waals surface area contributed by atoms with Gasteiger partial charge in [-0.25, -0.2) is 9.97 Å². The van der Waals surface area contributed by atoms with Crippen LogP contribution < -0.4 is 24.4 Å². The summed E-state index contributed by atoms with van der Waals surface area (Å²) in [5, 5.41) is 3.02. The second kappa shape index (κ2) is 10.4. The number of ether oxygens (including phenoxy) is 3. The van der Waals surface area contributed by atoms with Gasteiger partial charge < -0.3 is 24.4 Å². The summed E-state index contributed by atoms with van der Waals surface area (Å²) in [6.07, 6.45) is 2.57. The summed E-state index contributed by atoms with van der Waals surface area (Å²) in [4.78, 5) is 24.8. The molecule has 1 amide bonds. The Labute approximate surface area is 193 Å². The Bertz CT molecular complexity index is 1120. The molecule has 0 aliphatic carbocycles. The van der Waals surface area contributed by atoms with Gasteiger partial charge in [-0.15, -0.1) is 0 Å². The van der Waals surface area contributed by atoms with Crippen LogP contribution in [0.2, 0.25) is 0 Å². The quantitative estimate of drug-likeness (QED) is 0.548. The fourth-order valence-electron chi connectivity index (χ4n) is 4.02. The van der Waals surface area contributed by atoms with Crippen LogP contribution in [-0.4, -0.2) is 49.8 Å². The van der Waals surface area contributed by atoms with Crippen LogP contribution in [0, 0.1) is 5.92 Å². The molecule has 0 spiro atoms. The minimum Gasteiger partial charge on any atom is -0.493 e. The number of anilines is 2. The highest BCUT2D eigenvalue weighted by Crippen LogP contribution is 2.32. The number of benzene rings is 2. The molecule has 4 rings (SSSR count). The third-order valence-corrected chi connectivity index (χ3v) is 5.71. The molecule has 1 fully saturated rings. The first kappa shape index (κ1) is 22.6. The standard InChI is InChI=1S/C25H30N4O4/c1-4-14-33-25-23(27-19-9-5-6-10-20(19)28-25)29-13-7-8-17(16-29)24(30)26-18-11-12-21(31-2)22(15-18)32-3/h5-6,9-12,15,17H,4,7-8,13-14,16H2,1-3H3,(H,26,30). The maximum Gasteiger partial charge on any atom is 0.258 e. The Morgan fingerprint density at radius 3 is 2.58 bits per heavy atom. The van der Waals surface area contributed by atoms with E-state index in [-0.39, 0.29) is 11.8 Å². The van der Waals surface area contributed by atoms with Crippen LogP contribution in [0.4, 0.5) is 11.5 Å². The minimum atomic E-state index is -0.181. The molecule has 3 aromatic rings. The normalized spacial score (nSPS) is 15.8. The molecule has 0 bridgehead atoms. The summed E-state index contributed by atoms with van der Waals surface area (Å²) in [6, 6.07) is 13.1. The first-order chi connectivity index (χ1) is 16.1. The Hall–Kier alpha value is -3.55. The molecule has 1 aromatic heterocycles. The van der Waals surface area contributed by atoms with Crippen LogP contribution >= 0.6 is 0 Å². The minimum absolute atomic E-state index is 0.0308. The Morgan fingerprint density at radius 2 is 1.85 bits per heavy atom. The van der Waals surface area contributed by atoms with Crippen LogP contribution in [0.5, 0.6) is 17.4 Å². The zero-order valence-corrected chi connectivity index (χ0v) is 19.3. The van der Waals surface area contributed by atoms with Gasteiger partial charge in [0.2, 0.25) is 5.91 Å². The highest BCUT2D eigenvalue weighted by molar-refractivity contribution is 5.93. The number of carbonyl (C=O) groups excluding carboxylic acids is 1. The molecule has 1 atom stereocenters. The second-order valence-corrected chi connectivity index (χ2v) is 8.03. The monoisotopic (exact) mass is 450 g/mol. The van der Waals surface area contributed by atoms with Gasteiger partial charge in [0.25, 0.3) is 5.88 Å². The van der Waals surface area contributed by atoms with Crippen molar-refractivity contribution in [2.24, 2.45) is 5.92 Å². The number of rotatable bonds is 8. The number of nitrogens with one attached hydrogen (secondary N) is 1. The van der Waals surface area contributed by atoms with Crippen molar-refractivity contribution in [1.29, 1.82) is 0 Å². The molecule has 1 unspecified atom stereocenters. The van der Waals surface area contributed by atoms with Crippen LogP contribution in [0.1, 0.15) is 26.2 Å². The average molecular weight is 451 g/mol. The van der Waals surface area contributed by atoms with Gasteiger partial charge in [0, 0.05) is 24.8 Å². The second-order valence-electron chi connectivity index (χ2n) is 8.03. The van der Waals surface area contributed by atoms with E-state index in [0.29, 0.717) is 42.0 Å². The van der Waals surface area contributed by atoms with E-state index in [0.717, 1.165) is 36.8 Å². The van der Waals surface area contributed by atoms with Crippen molar-refractivity contribution >= 4 is 28.4 Å². The molecule has 1 N–H and O–H groups in total. The molecule has 8 heteroatoms. The lowest BCUT2D eigenvalue weighted by Gasteiger charge is -2.33. The molecule has 0 saturated carbocycles. The molecule has 1 aliphatic heterocycles. The summed E-state index contributed by atoms with van der Waals surface area (Å²) in [6.45, 7) is 3.98. The Balaban J connectivity index is 1.53. The Kier molecular flexibility index (Phi) is 7.12. The number of hydrogen-bond acceptors (Lipinski definition) is 7. The van der Waals surface area contributed by atoms with Crippen LogP contribution in [0.25, 0.3) is 11.0 Å². The van der Waals surface area contributed by atoms with E-state index < -0.39 is 0 Å². The molecule has 1 aliphatic rings. The molecule has 2 aromatic carbocycles. The number of para-hydroxylation sites is 2. The number of piperidine rings is 1. The van der Waals surface area contributed by atoms with Gasteiger partial charge in [-0.1, -0.05) is 19.1 Å². The fraction of sp³-hybridized carbons (Fsp3) is 0.400. The fourth-order valence-corrected chi connectivity index (χ4v) is 4.02. The molecular weight excluding hydrogens is 420 g/mol. The zero-order valence-electron chi connectivity index (χ0n) is 19.3. The molecule has 174 valence electrons. The van der Waals surface area contributed by atoms with Crippen molar-refractivity contribution in [3.05, 3.63) is 42.5 Å². The van der Waals surface area contributed by atoms with Crippen molar-refractivity contribution in [1.82, 2.24) is 9.97 Å². The zero-order chi connectivity index (χ0) is 23.2. The van der Waals surface area contributed by atoms with Gasteiger partial charge in [0.1, 0.15) is 0 Å². The molecule has 0 radical (unpaired) electrons. The van der Waals surface area contributed by atoms with Crippen molar-refractivity contribution in [2.75, 3.05) is 44.1 Å². The van der Waals surface area contributed by atoms with Crippen LogP contribution in [0.3, 0.4) is 0 Å². The van der Waals surface area contributed by atoms with Crippen molar-refractivity contribution in [3.8, 4) is 17.4 Å². The maximum absolute atomic E-state index is 13.1. The molecular formula is C25H30N4O4. The predicted molar refractivity (Wildman–Crippen MR) is 128 cm³/mol. The number of hydrogen-bond donors (Lipinski definition) is 1. The lowest BCUT2D eigenvalue weighted by Crippen LogP contribution is -2.41. The lowest BCUT2D eigenvalue weighted by molar-refractivity contribution is -0.120. The first-order valence-corrected chi connectivity index (χ1v) is 11.3. The van der Waals surface area contributed by atoms with E-state index in [1.807, 2.05) is 30.3 Å². The van der Waals surface area contributed by atoms with Gasteiger partial charge in [-0.3, -0.25) is 4.79 Å². The third kappa shape index (κ3) is 5.10. The van der Waals surface area contributed by atoms with Gasteiger partial charge >= 0.3 is 0 Å². The highest BCUT2D eigenvalue weighted by atomic mass is 16.5. The van der Waals surface area contributed by atoms with Crippen molar-refractivity contribution in [2.45, 2.75) is 26.2 Å². The van der Waals surface area contributed by atoms with E-state index in [4.69, 9.17) is 24.2 Å². The Morgan fingerprint density at radius 1 is 1.09 bits per heavy atom. The van der Waals surface area contributed by atoms with E-state index in [1.54, 1.807) is 26.4 Å². The van der Waals surface area contributed by atoms with E-state index in [9.17, 15) is 4.79 Å². The van der Waals surface area contributed by atoms with Gasteiger partial charge in [-0.05, 0) is 43.5 Å². The van der Waals surface area contributed by atoms with Crippen LogP contribution in [-0.2, 0) is 4.79 Å². The molecule has 1 saturated heterocycles. The number of methoxy groups -OCH3 is 2. The van der Waals surface area contributed by atoms with Gasteiger partial charge in [-0.2, -0.15) is 0 Å². The number of amides is 1. The van der Waals surface area contributed by atoms with E-state index in [2.05, 4.69) is 17.1 Å². The van der Waals surface area contributed by atoms with Gasteiger partial charge in [0.15, 0.2) is 17.3 Å². The third-order valence-electron chi connectivity index (χ3n) is 5.71. The molecule has 33 heavy (non-hydrogen) atoms. The number of nitrogens with zero attached hydrogens (tertiary/aromatic N) is 3. The van der Waals surface area contributed by atoms with E-state index >= 15 is 0 Å². The van der Waals surface area contributed by atoms with E-state index in [1.165, 1.54) is 0 Å². The molecule has 2 heterocycles. The smallest absolute Gasteiger partial charge is 0.258 e. The number of aromatic nitrogens is 2. The number of fused-ring (bicyclic) bond motifs is 1. The average Bonchev–Trinajstić information content (AvgIpc) is 2.86. The highest BCUT2D eigenvalue weighted by Gasteiger charge is 2.29. The van der Waals surface area contributed by atoms with Gasteiger partial charge in [0.05, 0.1) is 37.8 Å². The van der Waals surface area contributed by atoms with Crippen molar-refractivity contribution in [3.63, 3.8) is 0 Å². The summed E-state index contributed by atoms with van der Waals surface area (Å²) in [5.74, 6) is 2.21. The first-order valence-electron chi connectivity index (χ1n) is 11.3.